The summed E-state index contributed by atoms with van der Waals surface area (Å²) in [4.78, 5) is 26.4. The number of aromatic nitrogens is 2. The zero-order valence-corrected chi connectivity index (χ0v) is 16.2. The maximum atomic E-state index is 12.4. The molecule has 0 saturated carbocycles. The zero-order valence-electron chi connectivity index (χ0n) is 15.5. The van der Waals surface area contributed by atoms with Crippen molar-refractivity contribution in [2.24, 2.45) is 0 Å². The molecule has 29 heavy (non-hydrogen) atoms. The summed E-state index contributed by atoms with van der Waals surface area (Å²) in [5, 5.41) is 10.7. The first kappa shape index (κ1) is 18.9. The van der Waals surface area contributed by atoms with Crippen LogP contribution in [0.3, 0.4) is 0 Å². The van der Waals surface area contributed by atoms with Crippen molar-refractivity contribution in [1.29, 1.82) is 0 Å². The Morgan fingerprint density at radius 1 is 1.21 bits per heavy atom. The molecule has 1 aromatic heterocycles. The van der Waals surface area contributed by atoms with Crippen LogP contribution >= 0.6 is 11.6 Å². The zero-order chi connectivity index (χ0) is 20.4. The van der Waals surface area contributed by atoms with E-state index in [0.29, 0.717) is 28.8 Å². The lowest BCUT2D eigenvalue weighted by Gasteiger charge is -2.16. The largest absolute Gasteiger partial charge is 0.497 e. The second kappa shape index (κ2) is 7.92. The summed E-state index contributed by atoms with van der Waals surface area (Å²) in [6.07, 6.45) is 0.242. The van der Waals surface area contributed by atoms with Gasteiger partial charge in [-0.15, -0.1) is 5.10 Å². The molecule has 0 spiro atoms. The molecule has 2 heterocycles. The lowest BCUT2D eigenvalue weighted by molar-refractivity contribution is -0.117. The Morgan fingerprint density at radius 3 is 2.69 bits per heavy atom. The van der Waals surface area contributed by atoms with Crippen LogP contribution in [0.4, 0.5) is 11.7 Å². The summed E-state index contributed by atoms with van der Waals surface area (Å²) in [6.45, 7) is 0.408. The highest BCUT2D eigenvalue weighted by Gasteiger charge is 2.35. The Hall–Kier alpha value is -3.39. The number of hydrogen-bond acceptors (Lipinski definition) is 6. The van der Waals surface area contributed by atoms with Crippen molar-refractivity contribution in [3.63, 3.8) is 0 Å². The normalized spacial score (nSPS) is 16.1. The second-order valence-electron chi connectivity index (χ2n) is 6.48. The van der Waals surface area contributed by atoms with Crippen molar-refractivity contribution >= 4 is 35.1 Å². The molecule has 1 atom stereocenters. The summed E-state index contributed by atoms with van der Waals surface area (Å²) in [5.41, 5.74) is 1.07. The van der Waals surface area contributed by atoms with Gasteiger partial charge in [-0.2, -0.15) is 0 Å². The molecule has 1 aliphatic heterocycles. The van der Waals surface area contributed by atoms with Gasteiger partial charge < -0.3 is 14.1 Å². The van der Waals surface area contributed by atoms with Gasteiger partial charge in [0.2, 0.25) is 11.8 Å². The van der Waals surface area contributed by atoms with Crippen molar-refractivity contribution in [3.8, 4) is 5.75 Å². The molecule has 1 fully saturated rings. The van der Waals surface area contributed by atoms with Gasteiger partial charge in [0.15, 0.2) is 0 Å². The smallest absolute Gasteiger partial charge is 0.322 e. The summed E-state index contributed by atoms with van der Waals surface area (Å²) < 4.78 is 10.7. The first-order valence-corrected chi connectivity index (χ1v) is 9.26. The number of amides is 2. The van der Waals surface area contributed by atoms with Crippen LogP contribution in [0.15, 0.2) is 52.9 Å². The first-order valence-electron chi connectivity index (χ1n) is 8.89. The molecule has 0 unspecified atom stereocenters. The third kappa shape index (κ3) is 3.93. The van der Waals surface area contributed by atoms with E-state index in [-0.39, 0.29) is 24.3 Å². The Bertz CT molecular complexity index is 1050. The summed E-state index contributed by atoms with van der Waals surface area (Å²) in [5.74, 6) is 0.257. The molecule has 0 aliphatic carbocycles. The molecule has 0 bridgehead atoms. The number of anilines is 2. The van der Waals surface area contributed by atoms with E-state index in [1.807, 2.05) is 12.1 Å². The fourth-order valence-electron chi connectivity index (χ4n) is 3.14. The predicted octanol–water partition coefficient (Wildman–Crippen LogP) is 3.50. The van der Waals surface area contributed by atoms with Crippen LogP contribution in [-0.4, -0.2) is 35.7 Å². The molecule has 9 heteroatoms. The number of nitrogens with zero attached hydrogens (tertiary/aromatic N) is 3. The maximum absolute atomic E-state index is 12.4. The quantitative estimate of drug-likeness (QED) is 0.688. The van der Waals surface area contributed by atoms with E-state index in [1.54, 1.807) is 48.4 Å². The molecule has 3 aromatic rings. The molecule has 0 radical (unpaired) electrons. The molecule has 4 rings (SSSR count). The SMILES string of the molecule is COc1ccc(N2C[C@H](c3nnc(NC(=O)c4ccccc4Cl)o3)CC2=O)cc1. The fourth-order valence-corrected chi connectivity index (χ4v) is 3.37. The molecular formula is C20H17ClN4O4. The highest BCUT2D eigenvalue weighted by molar-refractivity contribution is 6.34. The van der Waals surface area contributed by atoms with Crippen LogP contribution in [0, 0.1) is 0 Å². The van der Waals surface area contributed by atoms with E-state index in [2.05, 4.69) is 15.5 Å². The van der Waals surface area contributed by atoms with Crippen molar-refractivity contribution in [2.45, 2.75) is 12.3 Å². The molecule has 2 amide bonds. The average Bonchev–Trinajstić information content (AvgIpc) is 3.35. The Kier molecular flexibility index (Phi) is 5.18. The lowest BCUT2D eigenvalue weighted by atomic mass is 10.1. The first-order chi connectivity index (χ1) is 14.0. The Morgan fingerprint density at radius 2 is 1.97 bits per heavy atom. The number of carbonyl (C=O) groups excluding carboxylic acids is 2. The number of methoxy groups -OCH3 is 1. The number of ether oxygens (including phenoxy) is 1. The van der Waals surface area contributed by atoms with Crippen LogP contribution < -0.4 is 15.0 Å². The highest BCUT2D eigenvalue weighted by Crippen LogP contribution is 2.32. The predicted molar refractivity (Wildman–Crippen MR) is 106 cm³/mol. The topological polar surface area (TPSA) is 97.6 Å². The van der Waals surface area contributed by atoms with Crippen molar-refractivity contribution < 1.29 is 18.7 Å². The minimum absolute atomic E-state index is 0.0414. The molecule has 2 aromatic carbocycles. The summed E-state index contributed by atoms with van der Waals surface area (Å²) in [6, 6.07) is 13.8. The van der Waals surface area contributed by atoms with Gasteiger partial charge in [0.05, 0.1) is 23.6 Å². The van der Waals surface area contributed by atoms with Gasteiger partial charge in [-0.1, -0.05) is 28.8 Å². The van der Waals surface area contributed by atoms with Gasteiger partial charge >= 0.3 is 6.01 Å². The van der Waals surface area contributed by atoms with Crippen LogP contribution in [0.1, 0.15) is 28.6 Å². The molecule has 8 nitrogen and oxygen atoms in total. The number of carbonyl (C=O) groups is 2. The number of nitrogens with one attached hydrogen (secondary N) is 1. The van der Waals surface area contributed by atoms with Crippen LogP contribution in [-0.2, 0) is 4.79 Å². The summed E-state index contributed by atoms with van der Waals surface area (Å²) in [7, 11) is 1.59. The van der Waals surface area contributed by atoms with Gasteiger partial charge in [0.1, 0.15) is 5.75 Å². The minimum Gasteiger partial charge on any atom is -0.497 e. The van der Waals surface area contributed by atoms with Gasteiger partial charge in [-0.3, -0.25) is 14.9 Å². The van der Waals surface area contributed by atoms with E-state index in [4.69, 9.17) is 20.8 Å². The Labute approximate surface area is 171 Å². The van der Waals surface area contributed by atoms with Gasteiger partial charge in [0.25, 0.3) is 5.91 Å². The monoisotopic (exact) mass is 412 g/mol. The minimum atomic E-state index is -0.451. The molecular weight excluding hydrogens is 396 g/mol. The van der Waals surface area contributed by atoms with Crippen LogP contribution in [0.2, 0.25) is 5.02 Å². The number of hydrogen-bond donors (Lipinski definition) is 1. The van der Waals surface area contributed by atoms with Crippen molar-refractivity contribution in [2.75, 3.05) is 23.9 Å². The van der Waals surface area contributed by atoms with E-state index < -0.39 is 5.91 Å². The van der Waals surface area contributed by atoms with Crippen molar-refractivity contribution in [1.82, 2.24) is 10.2 Å². The third-order valence-electron chi connectivity index (χ3n) is 4.64. The van der Waals surface area contributed by atoms with Crippen LogP contribution in [0.25, 0.3) is 0 Å². The van der Waals surface area contributed by atoms with Crippen molar-refractivity contribution in [3.05, 3.63) is 65.0 Å². The molecule has 1 aliphatic rings. The molecule has 1 saturated heterocycles. The lowest BCUT2D eigenvalue weighted by Crippen LogP contribution is -2.24. The number of rotatable bonds is 5. The number of benzene rings is 2. The Balaban J connectivity index is 1.45. The fraction of sp³-hybridized carbons (Fsp3) is 0.200. The van der Waals surface area contributed by atoms with E-state index >= 15 is 0 Å². The molecule has 1 N–H and O–H groups in total. The third-order valence-corrected chi connectivity index (χ3v) is 4.97. The van der Waals surface area contributed by atoms with E-state index in [1.165, 1.54) is 0 Å². The number of halogens is 1. The average molecular weight is 413 g/mol. The molecule has 148 valence electrons. The standard InChI is InChI=1S/C20H17ClN4O4/c1-28-14-8-6-13(7-9-14)25-11-12(10-17(25)26)19-23-24-20(29-19)22-18(27)15-4-2-3-5-16(15)21/h2-9,12H,10-11H2,1H3,(H,22,24,27)/t12-/m1/s1. The van der Waals surface area contributed by atoms with Gasteiger partial charge in [-0.25, -0.2) is 0 Å². The summed E-state index contributed by atoms with van der Waals surface area (Å²) >= 11 is 6.03. The van der Waals surface area contributed by atoms with Gasteiger partial charge in [0, 0.05) is 18.7 Å². The van der Waals surface area contributed by atoms with Gasteiger partial charge in [-0.05, 0) is 36.4 Å². The second-order valence-corrected chi connectivity index (χ2v) is 6.89. The van der Waals surface area contributed by atoms with E-state index in [9.17, 15) is 9.59 Å². The maximum Gasteiger partial charge on any atom is 0.322 e. The van der Waals surface area contributed by atoms with Crippen LogP contribution in [0.5, 0.6) is 5.75 Å². The van der Waals surface area contributed by atoms with E-state index in [0.717, 1.165) is 5.69 Å². The highest BCUT2D eigenvalue weighted by atomic mass is 35.5.